The number of aliphatic hydroxyl groups is 8. The predicted molar refractivity (Wildman–Crippen MR) is 470 cm³/mol. The van der Waals surface area contributed by atoms with Crippen LogP contribution in [0.25, 0.3) is 11.1 Å². The highest BCUT2D eigenvalue weighted by atomic mass is 127. The summed E-state index contributed by atoms with van der Waals surface area (Å²) in [5, 5.41) is 111. The molecule has 0 spiro atoms. The molecule has 0 bridgehead atoms. The van der Waals surface area contributed by atoms with E-state index >= 15 is 0 Å². The highest BCUT2D eigenvalue weighted by Gasteiger charge is 2.54. The molecule has 0 aliphatic carbocycles. The standard InChI is InChI=1S/C44H68N2O12S.C37H61IN2O10.C7H9BO4S/c1-13-35-44(8,52)38(48)29(6)46(11)24-25(2)23-43(7,51)39(27(4)36(47)28(5)40(49)56-35)58-42-37(34(45(9)10)22-26(3)55-42)57-41(50)32-16-14-30(15-17-32)31-18-20-33(21-19-31)59(12,53)54;1-12-28-37(8,46)31(42)24(6)40(11)19-20(2)18-36(7,45)32(22(4)29(41)23(5)33(43)48-28)50-35-30(27(39(9)10)17-21(3)47-35)49-34(44)25-13-15-26(38)16-14-25;1-13(11,12)7-4-2-6(3-5-7)8(9)10/h14-21,25-29,34-39,42,47-48,51-52H,13,22-24H2,1-12H3;13-16,20-24,27-32,35,41-42,45-46H,12,17-19H2,1-11H3;2-5,9-10H,1H3/t25-,26-,27+,28-,29-,34+,35-,36+,37-,38-,39-,42+,43-,44-;20-,21-,22+,23-,24-,27+,28-,29+,30-,31-,32-,35+,36-,37-;/m11./s1. The summed E-state index contributed by atoms with van der Waals surface area (Å²) in [6, 6.07) is 23.9. The second-order valence-corrected chi connectivity index (χ2v) is 41.4. The molecular weight excluding hydrogens is 1730 g/mol. The van der Waals surface area contributed by atoms with Crippen molar-refractivity contribution in [3.05, 3.63) is 112 Å². The van der Waals surface area contributed by atoms with Crippen molar-refractivity contribution in [2.24, 2.45) is 35.5 Å². The van der Waals surface area contributed by atoms with Gasteiger partial charge in [-0.1, -0.05) is 77.9 Å². The molecule has 10 N–H and O–H groups in total. The third kappa shape index (κ3) is 27.4. The highest BCUT2D eigenvalue weighted by Crippen LogP contribution is 2.41. The fourth-order valence-corrected chi connectivity index (χ4v) is 18.9. The summed E-state index contributed by atoms with van der Waals surface area (Å²) in [7, 11) is 3.02. The average Bonchev–Trinajstić information content (AvgIpc) is 0.836. The van der Waals surface area contributed by atoms with Crippen molar-refractivity contribution in [1.29, 1.82) is 0 Å². The molecule has 0 radical (unpaired) electrons. The summed E-state index contributed by atoms with van der Waals surface area (Å²) in [5.74, 6) is -7.04. The van der Waals surface area contributed by atoms with Crippen LogP contribution in [0.15, 0.2) is 107 Å². The number of carbonyl (C=O) groups excluding carboxylic acids is 4. The molecule has 4 saturated heterocycles. The fourth-order valence-electron chi connectivity index (χ4n) is 17.2. The zero-order chi connectivity index (χ0) is 92.3. The van der Waals surface area contributed by atoms with Crippen molar-refractivity contribution in [3.8, 4) is 11.1 Å². The Labute approximate surface area is 736 Å². The first-order chi connectivity index (χ1) is 56.3. The molecule has 4 aliphatic rings. The minimum atomic E-state index is -3.35. The summed E-state index contributed by atoms with van der Waals surface area (Å²) < 4.78 is 97.0. The number of esters is 4. The third-order valence-electron chi connectivity index (χ3n) is 24.8. The van der Waals surface area contributed by atoms with Gasteiger partial charge in [0, 0.05) is 53.1 Å². The maximum Gasteiger partial charge on any atom is 0.488 e. The van der Waals surface area contributed by atoms with Crippen LogP contribution < -0.4 is 5.46 Å². The van der Waals surface area contributed by atoms with Gasteiger partial charge in [0.2, 0.25) is 0 Å². The lowest BCUT2D eigenvalue weighted by Gasteiger charge is -2.47. The van der Waals surface area contributed by atoms with Crippen LogP contribution in [-0.4, -0.2) is 319 Å². The summed E-state index contributed by atoms with van der Waals surface area (Å²) in [5.41, 5.74) is -4.36. The quantitative estimate of drug-likeness (QED) is 0.0261. The van der Waals surface area contributed by atoms with Gasteiger partial charge < -0.3 is 108 Å². The van der Waals surface area contributed by atoms with E-state index in [4.69, 9.17) is 47.9 Å². The number of aliphatic hydroxyl groups excluding tert-OH is 4. The summed E-state index contributed by atoms with van der Waals surface area (Å²) >= 11 is 2.17. The van der Waals surface area contributed by atoms with Crippen molar-refractivity contribution < 1.29 is 125 Å². The zero-order valence-electron chi connectivity index (χ0n) is 75.3. The highest BCUT2D eigenvalue weighted by molar-refractivity contribution is 14.1. The van der Waals surface area contributed by atoms with Crippen LogP contribution in [-0.2, 0) is 67.2 Å². The molecule has 4 aliphatic heterocycles. The number of carbonyl (C=O) groups is 4. The fraction of sp³-hybridized carbons (Fsp3) is 0.682. The Morgan fingerprint density at radius 3 is 1.14 bits per heavy atom. The molecule has 0 aromatic heterocycles. The van der Waals surface area contributed by atoms with Crippen LogP contribution in [0.5, 0.6) is 0 Å². The molecule has 34 heteroatoms. The van der Waals surface area contributed by atoms with Gasteiger partial charge in [-0.15, -0.1) is 0 Å². The number of benzene rings is 4. The molecule has 4 heterocycles. The van der Waals surface area contributed by atoms with Gasteiger partial charge in [0.05, 0.1) is 92.7 Å². The number of sulfone groups is 2. The summed E-state index contributed by atoms with van der Waals surface area (Å²) in [6.45, 7) is 28.2. The number of rotatable bonds is 16. The number of halogens is 1. The van der Waals surface area contributed by atoms with E-state index < -0.39 is 182 Å². The van der Waals surface area contributed by atoms with Crippen LogP contribution in [0.2, 0.25) is 0 Å². The number of hydrogen-bond acceptors (Lipinski definition) is 30. The second kappa shape index (κ2) is 44.2. The van der Waals surface area contributed by atoms with Gasteiger partial charge in [-0.05, 0) is 262 Å². The van der Waals surface area contributed by atoms with E-state index in [9.17, 15) is 76.9 Å². The lowest BCUT2D eigenvalue weighted by molar-refractivity contribution is -0.298. The Bertz CT molecular complexity index is 4240. The molecule has 30 nitrogen and oxygen atoms in total. The Hall–Kier alpha value is -5.27. The van der Waals surface area contributed by atoms with Gasteiger partial charge >= 0.3 is 31.0 Å². The van der Waals surface area contributed by atoms with Crippen molar-refractivity contribution in [1.82, 2.24) is 19.6 Å². The number of nitrogens with zero attached hydrogens (tertiary/aromatic N) is 4. The van der Waals surface area contributed by atoms with Crippen molar-refractivity contribution in [2.45, 2.75) is 291 Å². The number of likely N-dealkylation sites (N-methyl/N-ethyl adjacent to an activating group) is 4. The van der Waals surface area contributed by atoms with Crippen LogP contribution in [0.3, 0.4) is 0 Å². The van der Waals surface area contributed by atoms with Gasteiger partial charge in [-0.2, -0.15) is 0 Å². The SMILES string of the molecule is CC[C@H]1OC(=O)[C@H](C)[C@@H](O)[C@H](C)[C@@H](O[C@@H]2O[C@H](C)C[C@H](N(C)C)[C@H]2OC(=O)c2ccc(-c3ccc(S(C)(=O)=O)cc3)cc2)[C@](C)(O)C[C@@H](C)CN(C)[C@H](C)[C@@H](O)[C@]1(C)O.CC[C@H]1OC(=O)[C@H](C)[C@@H](O)[C@H](C)[C@@H](O[C@@H]2O[C@H](C)C[C@H](N(C)C)[C@H]2OC(=O)c2ccc(I)cc2)[C@](C)(O)C[C@@H](C)CN(C)[C@H](C)[C@@H](O)[C@]1(C)O.CS(=O)(=O)c1ccc(B(O)O)cc1. The number of cyclic esters (lactones) is 2. The van der Waals surface area contributed by atoms with E-state index in [0.29, 0.717) is 31.5 Å². The van der Waals surface area contributed by atoms with E-state index in [0.717, 1.165) is 27.2 Å². The van der Waals surface area contributed by atoms with Gasteiger partial charge in [-0.25, -0.2) is 26.4 Å². The molecule has 0 saturated carbocycles. The lowest BCUT2D eigenvalue weighted by atomic mass is 9.78. The van der Waals surface area contributed by atoms with Crippen molar-refractivity contribution in [2.75, 3.05) is 67.9 Å². The molecular formula is C88H138BIN4O26S2. The normalized spacial score (nSPS) is 36.3. The maximum atomic E-state index is 13.9. The molecule has 122 heavy (non-hydrogen) atoms. The van der Waals surface area contributed by atoms with Crippen LogP contribution in [0.4, 0.5) is 0 Å². The molecule has 28 atom stereocenters. The minimum absolute atomic E-state index is 0.150. The summed E-state index contributed by atoms with van der Waals surface area (Å²) in [4.78, 5) is 62.6. The maximum absolute atomic E-state index is 13.9. The van der Waals surface area contributed by atoms with Gasteiger partial charge in [0.1, 0.15) is 35.6 Å². The minimum Gasteiger partial charge on any atom is -0.459 e. The van der Waals surface area contributed by atoms with Gasteiger partial charge in [0.25, 0.3) is 0 Å². The van der Waals surface area contributed by atoms with Gasteiger partial charge in [0.15, 0.2) is 44.5 Å². The van der Waals surface area contributed by atoms with E-state index in [1.54, 1.807) is 104 Å². The molecule has 4 fully saturated rings. The van der Waals surface area contributed by atoms with Crippen molar-refractivity contribution in [3.63, 3.8) is 0 Å². The first-order valence-electron chi connectivity index (χ1n) is 41.9. The molecule has 0 amide bonds. The summed E-state index contributed by atoms with van der Waals surface area (Å²) in [6.07, 6.45) is -10.5. The first-order valence-corrected chi connectivity index (χ1v) is 46.8. The molecule has 4 aromatic carbocycles. The lowest BCUT2D eigenvalue weighted by Crippen LogP contribution is -2.60. The van der Waals surface area contributed by atoms with Crippen molar-refractivity contribution >= 4 is 78.7 Å². The molecule has 8 rings (SSSR count). The Balaban J connectivity index is 0.000000331. The smallest absolute Gasteiger partial charge is 0.459 e. The Morgan fingerprint density at radius 1 is 0.525 bits per heavy atom. The largest absolute Gasteiger partial charge is 0.488 e. The topological polar surface area (TPSA) is 426 Å². The average molecular weight is 1870 g/mol. The van der Waals surface area contributed by atoms with E-state index in [2.05, 4.69) is 22.6 Å². The van der Waals surface area contributed by atoms with E-state index in [-0.39, 0.29) is 82.6 Å². The van der Waals surface area contributed by atoms with E-state index in [1.807, 2.05) is 102 Å². The van der Waals surface area contributed by atoms with Gasteiger partial charge in [-0.3, -0.25) is 9.59 Å². The Morgan fingerprint density at radius 2 is 0.836 bits per heavy atom. The first kappa shape index (κ1) is 106. The van der Waals surface area contributed by atoms with Crippen LogP contribution in [0.1, 0.15) is 170 Å². The molecule has 0 unspecified atom stereocenters. The number of hydrogen-bond donors (Lipinski definition) is 10. The van der Waals surface area contributed by atoms with E-state index in [1.165, 1.54) is 64.1 Å². The second-order valence-electron chi connectivity index (χ2n) is 36.1. The van der Waals surface area contributed by atoms with Crippen LogP contribution >= 0.6 is 22.6 Å². The third-order valence-corrected chi connectivity index (χ3v) is 27.8. The molecule has 4 aromatic rings. The zero-order valence-corrected chi connectivity index (χ0v) is 79.1. The molecule has 688 valence electrons. The monoisotopic (exact) mass is 1870 g/mol. The Kier molecular flexibility index (Phi) is 38.2. The number of ether oxygens (including phenoxy) is 8. The van der Waals surface area contributed by atoms with Crippen LogP contribution in [0, 0.1) is 39.1 Å². The predicted octanol–water partition coefficient (Wildman–Crippen LogP) is 6.13.